The lowest BCUT2D eigenvalue weighted by atomic mass is 9.99. The molecule has 1 rings (SSSR count). The molecular formula is C18H34O6. The topological polar surface area (TPSA) is 63.2 Å². The predicted octanol–water partition coefficient (Wildman–Crippen LogP) is 2.72. The highest BCUT2D eigenvalue weighted by Crippen LogP contribution is 2.24. The Morgan fingerprint density at radius 2 is 1.75 bits per heavy atom. The van der Waals surface area contributed by atoms with E-state index in [0.717, 1.165) is 25.7 Å². The number of hydrogen-bond donors (Lipinski definition) is 0. The van der Waals surface area contributed by atoms with Gasteiger partial charge in [0.15, 0.2) is 6.10 Å². The smallest absolute Gasteiger partial charge is 0.303 e. The average molecular weight is 346 g/mol. The zero-order valence-corrected chi connectivity index (χ0v) is 15.6. The van der Waals surface area contributed by atoms with Gasteiger partial charge in [-0.15, -0.1) is 0 Å². The molecule has 0 aromatic rings. The van der Waals surface area contributed by atoms with Crippen LogP contribution in [0.3, 0.4) is 0 Å². The molecule has 0 unspecified atom stereocenters. The Labute approximate surface area is 146 Å². The lowest BCUT2D eigenvalue weighted by Gasteiger charge is -2.41. The van der Waals surface area contributed by atoms with Crippen molar-refractivity contribution in [3.8, 4) is 0 Å². The maximum atomic E-state index is 11.6. The molecule has 0 amide bonds. The number of carbonyl (C=O) groups is 1. The fourth-order valence-electron chi connectivity index (χ4n) is 2.68. The van der Waals surface area contributed by atoms with Crippen LogP contribution >= 0.6 is 0 Å². The van der Waals surface area contributed by atoms with Crippen molar-refractivity contribution in [1.29, 1.82) is 0 Å². The van der Waals surface area contributed by atoms with Crippen LogP contribution in [0.1, 0.15) is 53.4 Å². The lowest BCUT2D eigenvalue weighted by Crippen LogP contribution is -2.58. The number of esters is 1. The Balaban J connectivity index is 2.73. The van der Waals surface area contributed by atoms with E-state index < -0.39 is 6.10 Å². The van der Waals surface area contributed by atoms with Gasteiger partial charge < -0.3 is 23.7 Å². The standard InChI is InChI=1S/C18H34O6/c1-5-8-10-20-12-15-18(24-14(4)19)17(22-11-9-6-2)16(13-23-15)21-7-3/h15-18H,5-13H2,1-4H3/t15-,16+,17-,18-/m1/s1. The van der Waals surface area contributed by atoms with Crippen LogP contribution in [0.5, 0.6) is 0 Å². The van der Waals surface area contributed by atoms with Gasteiger partial charge in [0.05, 0.1) is 13.2 Å². The first kappa shape index (κ1) is 21.4. The van der Waals surface area contributed by atoms with Crippen LogP contribution in [0, 0.1) is 0 Å². The number of carbonyl (C=O) groups excluding carboxylic acids is 1. The lowest BCUT2D eigenvalue weighted by molar-refractivity contribution is -0.235. The summed E-state index contributed by atoms with van der Waals surface area (Å²) in [5, 5.41) is 0. The van der Waals surface area contributed by atoms with Gasteiger partial charge in [0, 0.05) is 26.7 Å². The predicted molar refractivity (Wildman–Crippen MR) is 91.1 cm³/mol. The van der Waals surface area contributed by atoms with E-state index in [-0.39, 0.29) is 24.3 Å². The molecule has 1 aliphatic heterocycles. The highest BCUT2D eigenvalue weighted by molar-refractivity contribution is 5.66. The van der Waals surface area contributed by atoms with Crippen molar-refractivity contribution in [3.05, 3.63) is 0 Å². The quantitative estimate of drug-likeness (QED) is 0.400. The van der Waals surface area contributed by atoms with Crippen LogP contribution in [0.25, 0.3) is 0 Å². The molecule has 24 heavy (non-hydrogen) atoms. The fourth-order valence-corrected chi connectivity index (χ4v) is 2.68. The second-order valence-corrected chi connectivity index (χ2v) is 6.06. The van der Waals surface area contributed by atoms with Crippen molar-refractivity contribution in [2.24, 2.45) is 0 Å². The van der Waals surface area contributed by atoms with Crippen LogP contribution in [0.4, 0.5) is 0 Å². The second-order valence-electron chi connectivity index (χ2n) is 6.06. The van der Waals surface area contributed by atoms with E-state index >= 15 is 0 Å². The van der Waals surface area contributed by atoms with Gasteiger partial charge in [-0.3, -0.25) is 4.79 Å². The maximum absolute atomic E-state index is 11.6. The van der Waals surface area contributed by atoms with Crippen molar-refractivity contribution in [3.63, 3.8) is 0 Å². The molecule has 6 nitrogen and oxygen atoms in total. The summed E-state index contributed by atoms with van der Waals surface area (Å²) in [6, 6.07) is 0. The van der Waals surface area contributed by atoms with E-state index in [1.807, 2.05) is 6.92 Å². The number of ether oxygens (including phenoxy) is 5. The monoisotopic (exact) mass is 346 g/mol. The van der Waals surface area contributed by atoms with E-state index in [9.17, 15) is 4.79 Å². The molecular weight excluding hydrogens is 312 g/mol. The van der Waals surface area contributed by atoms with Gasteiger partial charge in [-0.25, -0.2) is 0 Å². The summed E-state index contributed by atoms with van der Waals surface area (Å²) in [6.45, 7) is 10.2. The number of rotatable bonds is 12. The molecule has 6 heteroatoms. The van der Waals surface area contributed by atoms with Gasteiger partial charge >= 0.3 is 5.97 Å². The second kappa shape index (κ2) is 12.6. The highest BCUT2D eigenvalue weighted by Gasteiger charge is 2.44. The summed E-state index contributed by atoms with van der Waals surface area (Å²) in [4.78, 5) is 11.6. The fraction of sp³-hybridized carbons (Fsp3) is 0.944. The minimum atomic E-state index is -0.508. The largest absolute Gasteiger partial charge is 0.457 e. The van der Waals surface area contributed by atoms with Crippen LogP contribution in [-0.2, 0) is 28.5 Å². The van der Waals surface area contributed by atoms with Crippen molar-refractivity contribution < 1.29 is 28.5 Å². The summed E-state index contributed by atoms with van der Waals surface area (Å²) < 4.78 is 28.8. The maximum Gasteiger partial charge on any atom is 0.303 e. The molecule has 0 radical (unpaired) electrons. The van der Waals surface area contributed by atoms with Gasteiger partial charge in [-0.05, 0) is 19.8 Å². The normalized spacial score (nSPS) is 27.2. The molecule has 0 bridgehead atoms. The van der Waals surface area contributed by atoms with Gasteiger partial charge in [-0.2, -0.15) is 0 Å². The zero-order chi connectivity index (χ0) is 17.8. The first-order chi connectivity index (χ1) is 11.6. The molecule has 1 heterocycles. The Morgan fingerprint density at radius 1 is 1.04 bits per heavy atom. The Bertz CT molecular complexity index is 333. The molecule has 0 N–H and O–H groups in total. The Kier molecular flexibility index (Phi) is 11.2. The molecule has 1 aliphatic rings. The third-order valence-electron chi connectivity index (χ3n) is 3.95. The molecule has 0 aromatic carbocycles. The van der Waals surface area contributed by atoms with E-state index in [0.29, 0.717) is 33.0 Å². The molecule has 142 valence electrons. The number of unbranched alkanes of at least 4 members (excludes halogenated alkanes) is 2. The molecule has 1 fully saturated rings. The summed E-state index contributed by atoms with van der Waals surface area (Å²) in [7, 11) is 0. The summed E-state index contributed by atoms with van der Waals surface area (Å²) >= 11 is 0. The molecule has 4 atom stereocenters. The van der Waals surface area contributed by atoms with Crippen LogP contribution in [0.15, 0.2) is 0 Å². The molecule has 1 saturated heterocycles. The van der Waals surface area contributed by atoms with Gasteiger partial charge in [-0.1, -0.05) is 26.7 Å². The summed E-state index contributed by atoms with van der Waals surface area (Å²) in [5.74, 6) is -0.344. The van der Waals surface area contributed by atoms with E-state index in [4.69, 9.17) is 23.7 Å². The van der Waals surface area contributed by atoms with Crippen LogP contribution < -0.4 is 0 Å². The van der Waals surface area contributed by atoms with Crippen LogP contribution in [0.2, 0.25) is 0 Å². The number of hydrogen-bond acceptors (Lipinski definition) is 6. The molecule has 0 aliphatic carbocycles. The van der Waals surface area contributed by atoms with E-state index in [1.54, 1.807) is 0 Å². The minimum absolute atomic E-state index is 0.233. The SMILES string of the molecule is CCCCOC[C@H]1OC[C@H](OCC)[C@@H](OCCCC)[C@@H]1OC(C)=O. The van der Waals surface area contributed by atoms with Crippen molar-refractivity contribution >= 4 is 5.97 Å². The average Bonchev–Trinajstić information content (AvgIpc) is 2.55. The Morgan fingerprint density at radius 3 is 2.38 bits per heavy atom. The van der Waals surface area contributed by atoms with E-state index in [2.05, 4.69) is 13.8 Å². The summed E-state index contributed by atoms with van der Waals surface area (Å²) in [6.07, 6.45) is 2.69. The first-order valence-corrected chi connectivity index (χ1v) is 9.23. The van der Waals surface area contributed by atoms with Crippen molar-refractivity contribution in [1.82, 2.24) is 0 Å². The Hall–Kier alpha value is -0.690. The molecule has 0 saturated carbocycles. The third kappa shape index (κ3) is 7.47. The third-order valence-corrected chi connectivity index (χ3v) is 3.95. The first-order valence-electron chi connectivity index (χ1n) is 9.23. The minimum Gasteiger partial charge on any atom is -0.457 e. The van der Waals surface area contributed by atoms with Gasteiger partial charge in [0.1, 0.15) is 18.3 Å². The zero-order valence-electron chi connectivity index (χ0n) is 15.6. The summed E-state index contributed by atoms with van der Waals surface area (Å²) in [5.41, 5.74) is 0. The highest BCUT2D eigenvalue weighted by atomic mass is 16.6. The van der Waals surface area contributed by atoms with Gasteiger partial charge in [0.2, 0.25) is 0 Å². The molecule has 0 spiro atoms. The van der Waals surface area contributed by atoms with Crippen molar-refractivity contribution in [2.75, 3.05) is 33.0 Å². The van der Waals surface area contributed by atoms with E-state index in [1.165, 1.54) is 6.92 Å². The van der Waals surface area contributed by atoms with Crippen molar-refractivity contribution in [2.45, 2.75) is 77.8 Å². The van der Waals surface area contributed by atoms with Gasteiger partial charge in [0.25, 0.3) is 0 Å². The molecule has 0 aromatic heterocycles. The van der Waals surface area contributed by atoms with Crippen LogP contribution in [-0.4, -0.2) is 63.4 Å².